The van der Waals surface area contributed by atoms with Crippen LogP contribution in [0.4, 0.5) is 17.6 Å². The van der Waals surface area contributed by atoms with Gasteiger partial charge in [0.25, 0.3) is 5.24 Å². The maximum absolute atomic E-state index is 13.0. The number of hydrogen-bond acceptors (Lipinski definition) is 2. The van der Waals surface area contributed by atoms with E-state index in [9.17, 15) is 22.4 Å². The highest BCUT2D eigenvalue weighted by molar-refractivity contribution is 6.68. The van der Waals surface area contributed by atoms with Gasteiger partial charge in [0.05, 0.1) is 7.11 Å². The Kier molecular flexibility index (Phi) is 3.18. The third-order valence-corrected chi connectivity index (χ3v) is 1.81. The van der Waals surface area contributed by atoms with Crippen molar-refractivity contribution in [2.75, 3.05) is 7.11 Å². The number of carbonyl (C=O) groups is 1. The number of carbonyl (C=O) groups excluding carboxylic acids is 1. The molecule has 0 amide bonds. The lowest BCUT2D eigenvalue weighted by molar-refractivity contribution is 0.107. The van der Waals surface area contributed by atoms with Gasteiger partial charge in [0.1, 0.15) is 5.56 Å². The van der Waals surface area contributed by atoms with Crippen molar-refractivity contribution in [3.05, 3.63) is 28.8 Å². The van der Waals surface area contributed by atoms with Crippen molar-refractivity contribution in [2.45, 2.75) is 0 Å². The Hall–Kier alpha value is -1.30. The summed E-state index contributed by atoms with van der Waals surface area (Å²) < 4.78 is 55.5. The summed E-state index contributed by atoms with van der Waals surface area (Å²) in [5.41, 5.74) is -1.17. The first-order chi connectivity index (χ1) is 6.91. The Balaban J connectivity index is 3.70. The Labute approximate surface area is 86.4 Å². The largest absolute Gasteiger partial charge is 0.493 e. The molecule has 0 aliphatic heterocycles. The van der Waals surface area contributed by atoms with Crippen LogP contribution in [0.3, 0.4) is 0 Å². The molecule has 0 fully saturated rings. The molecule has 0 saturated carbocycles. The van der Waals surface area contributed by atoms with Gasteiger partial charge in [0, 0.05) is 0 Å². The van der Waals surface area contributed by atoms with Crippen LogP contribution in [0.2, 0.25) is 0 Å². The summed E-state index contributed by atoms with van der Waals surface area (Å²) in [7, 11) is 0.860. The molecule has 0 aliphatic rings. The Morgan fingerprint density at radius 2 is 1.53 bits per heavy atom. The van der Waals surface area contributed by atoms with Gasteiger partial charge in [0.15, 0.2) is 17.4 Å². The first-order valence-corrected chi connectivity index (χ1v) is 3.89. The molecule has 0 N–H and O–H groups in total. The van der Waals surface area contributed by atoms with E-state index in [0.717, 1.165) is 7.11 Å². The minimum atomic E-state index is -2.11. The molecule has 82 valence electrons. The third kappa shape index (κ3) is 1.77. The molecular weight excluding hydrogens is 240 g/mol. The topological polar surface area (TPSA) is 26.3 Å². The highest BCUT2D eigenvalue weighted by atomic mass is 35.5. The average Bonchev–Trinajstić information content (AvgIpc) is 2.19. The third-order valence-electron chi connectivity index (χ3n) is 1.62. The van der Waals surface area contributed by atoms with E-state index in [1.807, 2.05) is 0 Å². The van der Waals surface area contributed by atoms with E-state index in [-0.39, 0.29) is 0 Å². The zero-order valence-corrected chi connectivity index (χ0v) is 7.96. The molecule has 0 heterocycles. The van der Waals surface area contributed by atoms with Crippen molar-refractivity contribution in [2.24, 2.45) is 0 Å². The van der Waals surface area contributed by atoms with Crippen LogP contribution < -0.4 is 4.74 Å². The lowest BCUT2D eigenvalue weighted by Crippen LogP contribution is -2.08. The van der Waals surface area contributed by atoms with E-state index in [0.29, 0.717) is 0 Å². The summed E-state index contributed by atoms with van der Waals surface area (Å²) in [6.07, 6.45) is 0. The maximum atomic E-state index is 13.0. The standard InChI is InChI=1S/C8H3ClF4O2/c1-15-7-2(8(9)14)3(10)4(11)5(12)6(7)13/h1H3. The fraction of sp³-hybridized carbons (Fsp3) is 0.125. The molecule has 0 radical (unpaired) electrons. The predicted molar refractivity (Wildman–Crippen MR) is 43.0 cm³/mol. The van der Waals surface area contributed by atoms with E-state index in [1.54, 1.807) is 0 Å². The molecule has 2 nitrogen and oxygen atoms in total. The van der Waals surface area contributed by atoms with Crippen LogP contribution >= 0.6 is 11.6 Å². The van der Waals surface area contributed by atoms with E-state index < -0.39 is 39.8 Å². The van der Waals surface area contributed by atoms with Crippen LogP contribution in [0, 0.1) is 23.3 Å². The van der Waals surface area contributed by atoms with E-state index in [4.69, 9.17) is 11.6 Å². The number of rotatable bonds is 2. The lowest BCUT2D eigenvalue weighted by atomic mass is 10.1. The van der Waals surface area contributed by atoms with Gasteiger partial charge in [-0.2, -0.15) is 4.39 Å². The number of methoxy groups -OCH3 is 1. The Morgan fingerprint density at radius 1 is 1.07 bits per heavy atom. The van der Waals surface area contributed by atoms with Gasteiger partial charge in [-0.3, -0.25) is 4.79 Å². The van der Waals surface area contributed by atoms with Crippen LogP contribution in [-0.4, -0.2) is 12.4 Å². The SMILES string of the molecule is COc1c(F)c(F)c(F)c(F)c1C(=O)Cl. The zero-order valence-electron chi connectivity index (χ0n) is 7.21. The van der Waals surface area contributed by atoms with Crippen LogP contribution in [0.15, 0.2) is 0 Å². The molecule has 15 heavy (non-hydrogen) atoms. The summed E-state index contributed by atoms with van der Waals surface area (Å²) in [5, 5.41) is -1.48. The zero-order chi connectivity index (χ0) is 11.7. The minimum absolute atomic E-state index is 0.860. The molecule has 1 aromatic rings. The molecule has 0 aliphatic carbocycles. The average molecular weight is 243 g/mol. The van der Waals surface area contributed by atoms with Crippen molar-refractivity contribution in [1.29, 1.82) is 0 Å². The van der Waals surface area contributed by atoms with Crippen LogP contribution in [0.5, 0.6) is 5.75 Å². The lowest BCUT2D eigenvalue weighted by Gasteiger charge is -2.08. The van der Waals surface area contributed by atoms with Crippen molar-refractivity contribution < 1.29 is 27.1 Å². The first-order valence-electron chi connectivity index (χ1n) is 3.51. The van der Waals surface area contributed by atoms with Gasteiger partial charge in [0.2, 0.25) is 11.6 Å². The van der Waals surface area contributed by atoms with Gasteiger partial charge >= 0.3 is 0 Å². The molecular formula is C8H3ClF4O2. The number of benzene rings is 1. The van der Waals surface area contributed by atoms with E-state index >= 15 is 0 Å². The van der Waals surface area contributed by atoms with Gasteiger partial charge in [-0.15, -0.1) is 0 Å². The summed E-state index contributed by atoms with van der Waals surface area (Å²) in [6, 6.07) is 0. The second-order valence-corrected chi connectivity index (χ2v) is 2.78. The summed E-state index contributed by atoms with van der Waals surface area (Å²) in [5.74, 6) is -8.93. The molecule has 1 rings (SSSR count). The molecule has 0 spiro atoms. The quantitative estimate of drug-likeness (QED) is 0.345. The number of halogens is 5. The normalized spacial score (nSPS) is 10.3. The van der Waals surface area contributed by atoms with E-state index in [1.165, 1.54) is 0 Å². The Morgan fingerprint density at radius 3 is 1.93 bits per heavy atom. The van der Waals surface area contributed by atoms with Crippen molar-refractivity contribution in [3.8, 4) is 5.75 Å². The van der Waals surface area contributed by atoms with Gasteiger partial charge in [-0.25, -0.2) is 13.2 Å². The van der Waals surface area contributed by atoms with Crippen molar-refractivity contribution in [1.82, 2.24) is 0 Å². The van der Waals surface area contributed by atoms with Crippen molar-refractivity contribution >= 4 is 16.8 Å². The fourth-order valence-electron chi connectivity index (χ4n) is 0.979. The number of ether oxygens (including phenoxy) is 1. The van der Waals surface area contributed by atoms with Gasteiger partial charge in [-0.1, -0.05) is 0 Å². The maximum Gasteiger partial charge on any atom is 0.259 e. The minimum Gasteiger partial charge on any atom is -0.493 e. The number of hydrogen-bond donors (Lipinski definition) is 0. The molecule has 0 aromatic heterocycles. The van der Waals surface area contributed by atoms with E-state index in [2.05, 4.69) is 4.74 Å². The van der Waals surface area contributed by atoms with Gasteiger partial charge < -0.3 is 4.74 Å². The molecule has 7 heteroatoms. The predicted octanol–water partition coefficient (Wildman–Crippen LogP) is 2.63. The highest BCUT2D eigenvalue weighted by Gasteiger charge is 2.29. The van der Waals surface area contributed by atoms with Crippen LogP contribution in [0.25, 0.3) is 0 Å². The molecule has 0 unspecified atom stereocenters. The monoisotopic (exact) mass is 242 g/mol. The first kappa shape index (κ1) is 11.8. The summed E-state index contributed by atoms with van der Waals surface area (Å²) in [6.45, 7) is 0. The second-order valence-electron chi connectivity index (χ2n) is 2.44. The smallest absolute Gasteiger partial charge is 0.259 e. The van der Waals surface area contributed by atoms with Crippen LogP contribution in [-0.2, 0) is 0 Å². The van der Waals surface area contributed by atoms with Gasteiger partial charge in [-0.05, 0) is 11.6 Å². The van der Waals surface area contributed by atoms with Crippen molar-refractivity contribution in [3.63, 3.8) is 0 Å². The fourth-order valence-corrected chi connectivity index (χ4v) is 1.15. The Bertz CT molecular complexity index is 433. The molecule has 0 bridgehead atoms. The molecule has 1 aromatic carbocycles. The van der Waals surface area contributed by atoms with Crippen LogP contribution in [0.1, 0.15) is 10.4 Å². The second kappa shape index (κ2) is 4.06. The molecule has 0 atom stereocenters. The highest BCUT2D eigenvalue weighted by Crippen LogP contribution is 2.31. The molecule has 0 saturated heterocycles. The summed E-state index contributed by atoms with van der Waals surface area (Å²) in [4.78, 5) is 10.7. The summed E-state index contributed by atoms with van der Waals surface area (Å²) >= 11 is 4.87.